The summed E-state index contributed by atoms with van der Waals surface area (Å²) in [6, 6.07) is 65.7. The van der Waals surface area contributed by atoms with E-state index < -0.39 is 0 Å². The molecule has 11 aromatic rings. The maximum absolute atomic E-state index is 6.55. The van der Waals surface area contributed by atoms with E-state index in [9.17, 15) is 0 Å². The molecule has 262 valence electrons. The molecular formula is C51H31N3OS. The molecular weight excluding hydrogens is 703 g/mol. The van der Waals surface area contributed by atoms with Crippen molar-refractivity contribution in [1.82, 2.24) is 15.0 Å². The van der Waals surface area contributed by atoms with Gasteiger partial charge in [0, 0.05) is 47.6 Å². The van der Waals surface area contributed by atoms with E-state index in [4.69, 9.17) is 19.4 Å². The van der Waals surface area contributed by atoms with Crippen LogP contribution in [-0.4, -0.2) is 15.0 Å². The molecule has 0 N–H and O–H groups in total. The Bertz CT molecular complexity index is 3230. The normalized spacial score (nSPS) is 11.6. The second-order valence-corrected chi connectivity index (χ2v) is 15.0. The molecule has 0 aliphatic carbocycles. The molecule has 0 unspecified atom stereocenters. The van der Waals surface area contributed by atoms with Crippen molar-refractivity contribution in [3.05, 3.63) is 188 Å². The van der Waals surface area contributed by atoms with Gasteiger partial charge in [-0.15, -0.1) is 11.3 Å². The third-order valence-electron chi connectivity index (χ3n) is 10.6. The van der Waals surface area contributed by atoms with E-state index >= 15 is 0 Å². The van der Waals surface area contributed by atoms with E-state index in [1.807, 2.05) is 59.9 Å². The molecule has 0 fully saturated rings. The highest BCUT2D eigenvalue weighted by Gasteiger charge is 2.20. The number of nitrogens with zero attached hydrogens (tertiary/aromatic N) is 3. The van der Waals surface area contributed by atoms with Gasteiger partial charge in [-0.2, -0.15) is 0 Å². The third-order valence-corrected chi connectivity index (χ3v) is 11.7. The Morgan fingerprint density at radius 1 is 0.321 bits per heavy atom. The fourth-order valence-corrected chi connectivity index (χ4v) is 8.96. The Balaban J connectivity index is 1.10. The van der Waals surface area contributed by atoms with Gasteiger partial charge in [0.15, 0.2) is 17.5 Å². The van der Waals surface area contributed by atoms with Crippen molar-refractivity contribution in [1.29, 1.82) is 0 Å². The van der Waals surface area contributed by atoms with Crippen molar-refractivity contribution in [2.24, 2.45) is 0 Å². The van der Waals surface area contributed by atoms with Gasteiger partial charge in [0.2, 0.25) is 0 Å². The SMILES string of the molecule is c1ccc(-c2ccc(-c3nc(-c4ccccc4)nc(-c4cccc5oc6ccc(-c7cc8sc9ccccc9c8cc7-c7ccccc7)cc6c45)n3)cc2)cc1. The number of thiophene rings is 1. The molecule has 11 rings (SSSR count). The second-order valence-electron chi connectivity index (χ2n) is 14.0. The Labute approximate surface area is 327 Å². The molecule has 0 atom stereocenters. The van der Waals surface area contributed by atoms with Crippen LogP contribution in [0.15, 0.2) is 192 Å². The van der Waals surface area contributed by atoms with Crippen LogP contribution in [0.3, 0.4) is 0 Å². The number of aromatic nitrogens is 3. The van der Waals surface area contributed by atoms with Gasteiger partial charge in [0.1, 0.15) is 11.2 Å². The number of hydrogen-bond donors (Lipinski definition) is 0. The first kappa shape index (κ1) is 32.2. The number of benzene rings is 8. The van der Waals surface area contributed by atoms with E-state index in [0.717, 1.165) is 55.3 Å². The number of furan rings is 1. The number of hydrogen-bond acceptors (Lipinski definition) is 5. The average Bonchev–Trinajstić information content (AvgIpc) is 3.84. The lowest BCUT2D eigenvalue weighted by Gasteiger charge is -2.12. The first-order valence-electron chi connectivity index (χ1n) is 18.7. The topological polar surface area (TPSA) is 51.8 Å². The summed E-state index contributed by atoms with van der Waals surface area (Å²) in [4.78, 5) is 15.3. The number of fused-ring (bicyclic) bond motifs is 6. The van der Waals surface area contributed by atoms with Crippen LogP contribution in [-0.2, 0) is 0 Å². The van der Waals surface area contributed by atoms with Gasteiger partial charge in [-0.3, -0.25) is 0 Å². The Morgan fingerprint density at radius 3 is 1.64 bits per heavy atom. The van der Waals surface area contributed by atoms with Crippen LogP contribution >= 0.6 is 11.3 Å². The van der Waals surface area contributed by atoms with Crippen LogP contribution < -0.4 is 0 Å². The molecule has 0 amide bonds. The summed E-state index contributed by atoms with van der Waals surface area (Å²) in [5.74, 6) is 1.83. The standard InChI is InChI=1S/C51H31N3OS/c1-4-13-32(14-5-1)33-23-25-36(26-24-33)50-52-49(35-17-8-3-9-18-35)53-51(54-50)39-20-12-21-45-48(39)43-29-37(27-28-44(43)55-45)41-31-47-42(38-19-10-11-22-46(38)56-47)30-40(41)34-15-6-2-7-16-34/h1-31H. The van der Waals surface area contributed by atoms with Crippen LogP contribution in [0.4, 0.5) is 0 Å². The molecule has 0 saturated heterocycles. The first-order valence-corrected chi connectivity index (χ1v) is 19.5. The quantitative estimate of drug-likeness (QED) is 0.171. The van der Waals surface area contributed by atoms with Crippen LogP contribution in [0.5, 0.6) is 0 Å². The highest BCUT2D eigenvalue weighted by atomic mass is 32.1. The van der Waals surface area contributed by atoms with Gasteiger partial charge in [-0.05, 0) is 69.8 Å². The average molecular weight is 734 g/mol. The van der Waals surface area contributed by atoms with Crippen molar-refractivity contribution in [2.45, 2.75) is 0 Å². The summed E-state index contributed by atoms with van der Waals surface area (Å²) >= 11 is 1.84. The predicted molar refractivity (Wildman–Crippen MR) is 233 cm³/mol. The fourth-order valence-electron chi connectivity index (χ4n) is 7.83. The highest BCUT2D eigenvalue weighted by Crippen LogP contribution is 2.44. The second kappa shape index (κ2) is 13.3. The van der Waals surface area contributed by atoms with Gasteiger partial charge in [0.25, 0.3) is 0 Å². The van der Waals surface area contributed by atoms with Crippen molar-refractivity contribution in [3.8, 4) is 67.5 Å². The molecule has 0 aliphatic heterocycles. The molecule has 0 bridgehead atoms. The molecule has 4 nitrogen and oxygen atoms in total. The first-order chi connectivity index (χ1) is 27.7. The molecule has 5 heteroatoms. The van der Waals surface area contributed by atoms with Crippen LogP contribution in [0.25, 0.3) is 110 Å². The Hall–Kier alpha value is -7.21. The molecule has 3 heterocycles. The van der Waals surface area contributed by atoms with E-state index in [2.05, 4.69) is 140 Å². The lowest BCUT2D eigenvalue weighted by molar-refractivity contribution is 0.669. The molecule has 0 saturated carbocycles. The van der Waals surface area contributed by atoms with Gasteiger partial charge in [-0.25, -0.2) is 15.0 Å². The lowest BCUT2D eigenvalue weighted by atomic mass is 9.92. The number of rotatable bonds is 6. The van der Waals surface area contributed by atoms with E-state index in [1.165, 1.54) is 36.9 Å². The minimum absolute atomic E-state index is 0.594. The molecule has 0 aliphatic rings. The minimum Gasteiger partial charge on any atom is -0.456 e. The maximum Gasteiger partial charge on any atom is 0.164 e. The third kappa shape index (κ3) is 5.56. The van der Waals surface area contributed by atoms with Crippen molar-refractivity contribution in [2.75, 3.05) is 0 Å². The van der Waals surface area contributed by atoms with Crippen molar-refractivity contribution in [3.63, 3.8) is 0 Å². The maximum atomic E-state index is 6.55. The summed E-state index contributed by atoms with van der Waals surface area (Å²) in [6.07, 6.45) is 0. The van der Waals surface area contributed by atoms with Crippen molar-refractivity contribution >= 4 is 53.4 Å². The van der Waals surface area contributed by atoms with Gasteiger partial charge < -0.3 is 4.42 Å². The zero-order chi connectivity index (χ0) is 37.0. The largest absolute Gasteiger partial charge is 0.456 e. The van der Waals surface area contributed by atoms with Crippen LogP contribution in [0, 0.1) is 0 Å². The van der Waals surface area contributed by atoms with E-state index in [-0.39, 0.29) is 0 Å². The minimum atomic E-state index is 0.594. The summed E-state index contributed by atoms with van der Waals surface area (Å²) in [6.45, 7) is 0. The highest BCUT2D eigenvalue weighted by molar-refractivity contribution is 7.25. The smallest absolute Gasteiger partial charge is 0.164 e. The van der Waals surface area contributed by atoms with Gasteiger partial charge in [-0.1, -0.05) is 152 Å². The van der Waals surface area contributed by atoms with E-state index in [1.54, 1.807) is 0 Å². The van der Waals surface area contributed by atoms with Crippen molar-refractivity contribution < 1.29 is 4.42 Å². The molecule has 56 heavy (non-hydrogen) atoms. The Morgan fingerprint density at radius 2 is 0.893 bits per heavy atom. The lowest BCUT2D eigenvalue weighted by Crippen LogP contribution is -2.00. The predicted octanol–water partition coefficient (Wildman–Crippen LogP) is 14.1. The molecule has 3 aromatic heterocycles. The van der Waals surface area contributed by atoms with E-state index in [0.29, 0.717) is 17.5 Å². The van der Waals surface area contributed by atoms with Gasteiger partial charge in [0.05, 0.1) is 0 Å². The summed E-state index contributed by atoms with van der Waals surface area (Å²) in [5.41, 5.74) is 11.3. The Kier molecular flexibility index (Phi) is 7.64. The van der Waals surface area contributed by atoms with Crippen LogP contribution in [0.2, 0.25) is 0 Å². The molecule has 0 radical (unpaired) electrons. The summed E-state index contributed by atoms with van der Waals surface area (Å²) in [5, 5.41) is 4.55. The van der Waals surface area contributed by atoms with Crippen LogP contribution in [0.1, 0.15) is 0 Å². The molecule has 0 spiro atoms. The monoisotopic (exact) mass is 733 g/mol. The molecule has 8 aromatic carbocycles. The summed E-state index contributed by atoms with van der Waals surface area (Å²) in [7, 11) is 0. The zero-order valence-corrected chi connectivity index (χ0v) is 30.9. The zero-order valence-electron chi connectivity index (χ0n) is 30.1. The summed E-state index contributed by atoms with van der Waals surface area (Å²) < 4.78 is 9.10. The van der Waals surface area contributed by atoms with Gasteiger partial charge >= 0.3 is 0 Å². The fraction of sp³-hybridized carbons (Fsp3) is 0.